The molecule has 0 fully saturated rings. The molecule has 0 unspecified atom stereocenters. The first-order chi connectivity index (χ1) is 14.9. The molecule has 0 aliphatic heterocycles. The van der Waals surface area contributed by atoms with E-state index in [1.807, 2.05) is 0 Å². The van der Waals surface area contributed by atoms with Crippen LogP contribution in [0.15, 0.2) is 50.0 Å². The Hall–Kier alpha value is -2.92. The number of carbonyl (C=O) groups is 1. The van der Waals surface area contributed by atoms with E-state index in [9.17, 15) is 41.1 Å². The molecule has 0 bridgehead atoms. The number of amides is 1. The Morgan fingerprint density at radius 1 is 0.882 bits per heavy atom. The zero-order chi connectivity index (χ0) is 26.6. The van der Waals surface area contributed by atoms with Crippen LogP contribution in [0, 0.1) is 6.92 Å². The smallest absolute Gasteiger partial charge is 0.310 e. The zero-order valence-electron chi connectivity index (χ0n) is 17.6. The summed E-state index contributed by atoms with van der Waals surface area (Å²) in [6.45, 7) is 1.31. The van der Waals surface area contributed by atoms with Crippen molar-refractivity contribution in [2.75, 3.05) is 12.5 Å². The highest BCUT2D eigenvalue weighted by atomic mass is 32.5. The van der Waals surface area contributed by atoms with Gasteiger partial charge in [-0.1, -0.05) is 19.4 Å². The zero-order valence-corrected chi connectivity index (χ0v) is 20.0. The molecule has 0 aliphatic carbocycles. The number of aliphatic imine (C=N–C) groups is 1. The van der Waals surface area contributed by atoms with Crippen LogP contribution in [0.25, 0.3) is 0 Å². The SMILES string of the molecule is Cc1cc(Oc2ccc(S(F)(F)(F)(F)F)cc2S(C)(=O)=O)c(S(C)(=O)=O)cc1C(=O)N=C(N)N. The summed E-state index contributed by atoms with van der Waals surface area (Å²) in [6, 6.07) is 1.72. The molecule has 2 rings (SSSR count). The summed E-state index contributed by atoms with van der Waals surface area (Å²) < 4.78 is 120. The van der Waals surface area contributed by atoms with E-state index < -0.39 is 68.0 Å². The molecular formula is C17H18F5N3O6S3. The van der Waals surface area contributed by atoms with E-state index >= 15 is 0 Å². The molecule has 0 radical (unpaired) electrons. The Labute approximate surface area is 191 Å². The third-order valence-electron chi connectivity index (χ3n) is 4.13. The van der Waals surface area contributed by atoms with Gasteiger partial charge in [-0.15, -0.1) is 0 Å². The van der Waals surface area contributed by atoms with Gasteiger partial charge in [0.1, 0.15) is 26.2 Å². The van der Waals surface area contributed by atoms with Gasteiger partial charge in [-0.25, -0.2) is 16.8 Å². The van der Waals surface area contributed by atoms with Crippen molar-refractivity contribution in [3.05, 3.63) is 41.5 Å². The van der Waals surface area contributed by atoms with Gasteiger partial charge in [0.25, 0.3) is 5.91 Å². The van der Waals surface area contributed by atoms with Crippen LogP contribution in [0.2, 0.25) is 0 Å². The van der Waals surface area contributed by atoms with E-state index in [0.29, 0.717) is 18.6 Å². The number of sulfone groups is 2. The first kappa shape index (κ1) is 27.3. The standard InChI is InChI=1S/C17H18F5N3O6S3/c1-9-6-13(15(33(3,29)30)8-11(9)16(26)25-17(23)24)31-12-5-4-10(34(18,19,20,21)22)7-14(12)32(2,27)28/h4-8H,1-3H3,(H4,23,24,25,26). The largest absolute Gasteiger partial charge is 0.455 e. The Morgan fingerprint density at radius 2 is 1.38 bits per heavy atom. The average molecular weight is 552 g/mol. The summed E-state index contributed by atoms with van der Waals surface area (Å²) in [7, 11) is -19.0. The molecule has 17 heteroatoms. The first-order valence-corrected chi connectivity index (χ1v) is 14.4. The highest BCUT2D eigenvalue weighted by Crippen LogP contribution is 3.02. The molecule has 4 N–H and O–H groups in total. The number of rotatable bonds is 6. The van der Waals surface area contributed by atoms with Gasteiger partial charge < -0.3 is 16.2 Å². The Bertz CT molecular complexity index is 1450. The second-order valence-corrected chi connectivity index (χ2v) is 13.6. The molecule has 9 nitrogen and oxygen atoms in total. The van der Waals surface area contributed by atoms with Gasteiger partial charge in [0.2, 0.25) is 0 Å². The van der Waals surface area contributed by atoms with Crippen LogP contribution in [-0.2, 0) is 19.7 Å². The summed E-state index contributed by atoms with van der Waals surface area (Å²) in [5.41, 5.74) is 10.0. The van der Waals surface area contributed by atoms with E-state index in [1.54, 1.807) is 0 Å². The van der Waals surface area contributed by atoms with E-state index in [4.69, 9.17) is 16.2 Å². The molecule has 0 aliphatic rings. The lowest BCUT2D eigenvalue weighted by molar-refractivity contribution is 0.100. The summed E-state index contributed by atoms with van der Waals surface area (Å²) in [5.74, 6) is -3.09. The van der Waals surface area contributed by atoms with Crippen LogP contribution in [0.5, 0.6) is 11.5 Å². The molecule has 1 amide bonds. The van der Waals surface area contributed by atoms with Crippen molar-refractivity contribution in [3.63, 3.8) is 0 Å². The van der Waals surface area contributed by atoms with E-state index in [1.165, 1.54) is 6.92 Å². The Morgan fingerprint density at radius 3 is 1.82 bits per heavy atom. The number of carbonyl (C=O) groups excluding carboxylic acids is 1. The minimum atomic E-state index is -10.2. The van der Waals surface area contributed by atoms with Gasteiger partial charge in [0.15, 0.2) is 25.6 Å². The molecule has 2 aromatic carbocycles. The number of hydrogen-bond donors (Lipinski definition) is 2. The maximum atomic E-state index is 13.2. The summed E-state index contributed by atoms with van der Waals surface area (Å²) in [5, 5.41) is 0. The fourth-order valence-corrected chi connectivity index (χ4v) is 5.01. The van der Waals surface area contributed by atoms with Crippen LogP contribution in [-0.4, -0.2) is 41.2 Å². The first-order valence-electron chi connectivity index (χ1n) is 8.65. The van der Waals surface area contributed by atoms with Crippen LogP contribution < -0.4 is 16.2 Å². The topological polar surface area (TPSA) is 159 Å². The van der Waals surface area contributed by atoms with Crippen LogP contribution in [0.1, 0.15) is 15.9 Å². The lowest BCUT2D eigenvalue weighted by atomic mass is 10.1. The molecule has 34 heavy (non-hydrogen) atoms. The number of nitrogens with zero attached hydrogens (tertiary/aromatic N) is 1. The Kier molecular flexibility index (Phi) is 6.06. The third-order valence-corrected chi connectivity index (χ3v) is 7.51. The van der Waals surface area contributed by atoms with Gasteiger partial charge in [-0.2, -0.15) is 4.99 Å². The van der Waals surface area contributed by atoms with Gasteiger partial charge in [-0.3, -0.25) is 4.79 Å². The number of guanidine groups is 1. The van der Waals surface area contributed by atoms with Gasteiger partial charge in [-0.05, 0) is 42.8 Å². The second kappa shape index (κ2) is 7.54. The third kappa shape index (κ3) is 6.35. The number of ether oxygens (including phenoxy) is 1. The lowest BCUT2D eigenvalue weighted by Crippen LogP contribution is -2.24. The molecule has 0 saturated heterocycles. The van der Waals surface area contributed by atoms with E-state index in [2.05, 4.69) is 4.99 Å². The van der Waals surface area contributed by atoms with E-state index in [-0.39, 0.29) is 23.3 Å². The molecule has 0 atom stereocenters. The minimum absolute atomic E-state index is 0.0435. The van der Waals surface area contributed by atoms with Gasteiger partial charge in [0.05, 0.1) is 0 Å². The van der Waals surface area contributed by atoms with Gasteiger partial charge >= 0.3 is 10.2 Å². The van der Waals surface area contributed by atoms with Crippen molar-refractivity contribution in [2.24, 2.45) is 16.5 Å². The maximum absolute atomic E-state index is 13.2. The molecule has 0 heterocycles. The van der Waals surface area contributed by atoms with Crippen molar-refractivity contribution in [3.8, 4) is 11.5 Å². The monoisotopic (exact) mass is 551 g/mol. The van der Waals surface area contributed by atoms with Crippen LogP contribution in [0.4, 0.5) is 19.4 Å². The predicted molar refractivity (Wildman–Crippen MR) is 115 cm³/mol. The molecule has 0 aromatic heterocycles. The molecule has 2 aromatic rings. The number of benzene rings is 2. The fraction of sp³-hybridized carbons (Fsp3) is 0.176. The maximum Gasteiger partial charge on any atom is 0.310 e. The number of nitrogens with two attached hydrogens (primary N) is 2. The fourth-order valence-electron chi connectivity index (χ4n) is 2.66. The molecule has 0 saturated carbocycles. The Balaban J connectivity index is 2.80. The van der Waals surface area contributed by atoms with Gasteiger partial charge in [0, 0.05) is 18.1 Å². The predicted octanol–water partition coefficient (Wildman–Crippen LogP) is 3.67. The van der Waals surface area contributed by atoms with E-state index in [0.717, 1.165) is 12.1 Å². The molecular weight excluding hydrogens is 533 g/mol. The average Bonchev–Trinajstić information content (AvgIpc) is 2.57. The lowest BCUT2D eigenvalue weighted by Gasteiger charge is -2.40. The van der Waals surface area contributed by atoms with Crippen LogP contribution >= 0.6 is 10.2 Å². The van der Waals surface area contributed by atoms with Crippen molar-refractivity contribution in [1.82, 2.24) is 0 Å². The molecule has 0 spiro atoms. The normalized spacial score (nSPS) is 14.6. The van der Waals surface area contributed by atoms with Crippen molar-refractivity contribution in [2.45, 2.75) is 21.6 Å². The number of aryl methyl sites for hydroxylation is 1. The number of hydrogen-bond acceptors (Lipinski definition) is 6. The van der Waals surface area contributed by atoms with Crippen molar-refractivity contribution < 1.29 is 45.8 Å². The van der Waals surface area contributed by atoms with Crippen LogP contribution in [0.3, 0.4) is 0 Å². The summed E-state index contributed by atoms with van der Waals surface area (Å²) >= 11 is 0. The summed E-state index contributed by atoms with van der Waals surface area (Å²) in [4.78, 5) is 11.0. The second-order valence-electron chi connectivity index (χ2n) is 7.18. The molecule has 190 valence electrons. The van der Waals surface area contributed by atoms with Crippen molar-refractivity contribution in [1.29, 1.82) is 0 Å². The highest BCUT2D eigenvalue weighted by molar-refractivity contribution is 8.45. The quantitative estimate of drug-likeness (QED) is 0.313. The van der Waals surface area contributed by atoms with Crippen molar-refractivity contribution >= 4 is 41.8 Å². The number of halogens is 5. The highest BCUT2D eigenvalue weighted by Gasteiger charge is 2.65. The summed E-state index contributed by atoms with van der Waals surface area (Å²) in [6.07, 6.45) is 1.15. The minimum Gasteiger partial charge on any atom is -0.455 e.